The van der Waals surface area contributed by atoms with Crippen molar-refractivity contribution in [1.29, 1.82) is 0 Å². The summed E-state index contributed by atoms with van der Waals surface area (Å²) < 4.78 is 5.20. The number of methoxy groups -OCH3 is 1. The summed E-state index contributed by atoms with van der Waals surface area (Å²) in [5.41, 5.74) is 0.758. The maximum Gasteiger partial charge on any atom is 0.173 e. The Morgan fingerprint density at radius 1 is 0.955 bits per heavy atom. The number of hydrogen-bond donors (Lipinski definition) is 0. The predicted molar refractivity (Wildman–Crippen MR) is 92.0 cm³/mol. The SMILES string of the molecule is COc1cccc(SCC(=O)c2ccc3ccccc3c2)c1. The average molecular weight is 308 g/mol. The molecule has 0 spiro atoms. The second kappa shape index (κ2) is 6.67. The summed E-state index contributed by atoms with van der Waals surface area (Å²) in [6.07, 6.45) is 0. The van der Waals surface area contributed by atoms with Crippen LogP contribution in [0.15, 0.2) is 71.6 Å². The van der Waals surface area contributed by atoms with Crippen molar-refractivity contribution in [1.82, 2.24) is 0 Å². The van der Waals surface area contributed by atoms with Gasteiger partial charge in [-0.3, -0.25) is 4.79 Å². The number of carbonyl (C=O) groups is 1. The first kappa shape index (κ1) is 14.7. The average Bonchev–Trinajstić information content (AvgIpc) is 2.59. The number of benzene rings is 3. The molecule has 0 bridgehead atoms. The lowest BCUT2D eigenvalue weighted by Gasteiger charge is -2.05. The summed E-state index contributed by atoms with van der Waals surface area (Å²) in [4.78, 5) is 13.4. The number of Topliss-reactive ketones (excluding diaryl/α,β-unsaturated/α-hetero) is 1. The number of fused-ring (bicyclic) bond motifs is 1. The molecule has 2 nitrogen and oxygen atoms in total. The zero-order valence-corrected chi connectivity index (χ0v) is 13.1. The van der Waals surface area contributed by atoms with E-state index in [0.717, 1.165) is 27.0 Å². The molecule has 3 rings (SSSR count). The molecule has 0 saturated heterocycles. The highest BCUT2D eigenvalue weighted by Crippen LogP contribution is 2.24. The van der Waals surface area contributed by atoms with Crippen LogP contribution in [-0.2, 0) is 0 Å². The van der Waals surface area contributed by atoms with Crippen LogP contribution in [0.4, 0.5) is 0 Å². The van der Waals surface area contributed by atoms with Crippen molar-refractivity contribution in [3.8, 4) is 5.75 Å². The van der Waals surface area contributed by atoms with Gasteiger partial charge < -0.3 is 4.74 Å². The molecule has 0 amide bonds. The van der Waals surface area contributed by atoms with Crippen LogP contribution in [0.25, 0.3) is 10.8 Å². The topological polar surface area (TPSA) is 26.3 Å². The van der Waals surface area contributed by atoms with E-state index in [2.05, 4.69) is 6.07 Å². The normalized spacial score (nSPS) is 10.6. The maximum absolute atomic E-state index is 12.4. The van der Waals surface area contributed by atoms with Gasteiger partial charge in [-0.25, -0.2) is 0 Å². The van der Waals surface area contributed by atoms with Gasteiger partial charge in [-0.05, 0) is 35.0 Å². The maximum atomic E-state index is 12.4. The largest absolute Gasteiger partial charge is 0.497 e. The van der Waals surface area contributed by atoms with Gasteiger partial charge in [0.05, 0.1) is 12.9 Å². The van der Waals surface area contributed by atoms with Crippen molar-refractivity contribution < 1.29 is 9.53 Å². The van der Waals surface area contributed by atoms with Gasteiger partial charge in [0.15, 0.2) is 5.78 Å². The van der Waals surface area contributed by atoms with E-state index < -0.39 is 0 Å². The Hall–Kier alpha value is -2.26. The Balaban J connectivity index is 1.72. The molecule has 3 aromatic rings. The molecule has 110 valence electrons. The molecule has 0 aliphatic heterocycles. The van der Waals surface area contributed by atoms with Crippen molar-refractivity contribution in [3.05, 3.63) is 72.3 Å². The molecule has 0 N–H and O–H groups in total. The first-order valence-electron chi connectivity index (χ1n) is 7.05. The summed E-state index contributed by atoms with van der Waals surface area (Å²) >= 11 is 1.53. The van der Waals surface area contributed by atoms with E-state index in [1.54, 1.807) is 7.11 Å². The van der Waals surface area contributed by atoms with Gasteiger partial charge in [0.25, 0.3) is 0 Å². The minimum Gasteiger partial charge on any atom is -0.497 e. The van der Waals surface area contributed by atoms with Crippen LogP contribution in [0.2, 0.25) is 0 Å². The van der Waals surface area contributed by atoms with Gasteiger partial charge in [0.2, 0.25) is 0 Å². The van der Waals surface area contributed by atoms with Crippen LogP contribution < -0.4 is 4.74 Å². The third kappa shape index (κ3) is 3.31. The second-order valence-corrected chi connectivity index (χ2v) is 6.00. The lowest BCUT2D eigenvalue weighted by atomic mass is 10.1. The molecule has 0 aromatic heterocycles. The van der Waals surface area contributed by atoms with Crippen molar-refractivity contribution in [2.24, 2.45) is 0 Å². The van der Waals surface area contributed by atoms with E-state index in [0.29, 0.717) is 5.75 Å². The zero-order chi connectivity index (χ0) is 15.4. The molecule has 0 saturated carbocycles. The monoisotopic (exact) mass is 308 g/mol. The smallest absolute Gasteiger partial charge is 0.173 e. The van der Waals surface area contributed by atoms with Gasteiger partial charge in [-0.2, -0.15) is 0 Å². The lowest BCUT2D eigenvalue weighted by molar-refractivity contribution is 0.102. The standard InChI is InChI=1S/C19H16O2S/c1-21-17-7-4-8-18(12-17)22-13-19(20)16-10-9-14-5-2-3-6-15(14)11-16/h2-12H,13H2,1H3. The molecule has 0 heterocycles. The summed E-state index contributed by atoms with van der Waals surface area (Å²) in [7, 11) is 1.64. The summed E-state index contributed by atoms with van der Waals surface area (Å²) in [5, 5.41) is 2.25. The van der Waals surface area contributed by atoms with E-state index in [4.69, 9.17) is 4.74 Å². The minimum absolute atomic E-state index is 0.138. The molecule has 3 aromatic carbocycles. The van der Waals surface area contributed by atoms with Crippen LogP contribution >= 0.6 is 11.8 Å². The second-order valence-electron chi connectivity index (χ2n) is 4.95. The molecule has 0 atom stereocenters. The van der Waals surface area contributed by atoms with Gasteiger partial charge in [-0.15, -0.1) is 11.8 Å². The van der Waals surface area contributed by atoms with E-state index in [9.17, 15) is 4.79 Å². The lowest BCUT2D eigenvalue weighted by Crippen LogP contribution is -2.02. The van der Waals surface area contributed by atoms with E-state index >= 15 is 0 Å². The quantitative estimate of drug-likeness (QED) is 0.499. The molecule has 0 aliphatic rings. The molecule has 22 heavy (non-hydrogen) atoms. The molecular weight excluding hydrogens is 292 g/mol. The highest BCUT2D eigenvalue weighted by atomic mass is 32.2. The fourth-order valence-corrected chi connectivity index (χ4v) is 3.12. The van der Waals surface area contributed by atoms with E-state index in [1.807, 2.05) is 60.7 Å². The number of ether oxygens (including phenoxy) is 1. The number of hydrogen-bond acceptors (Lipinski definition) is 3. The third-order valence-corrected chi connectivity index (χ3v) is 4.48. The fraction of sp³-hybridized carbons (Fsp3) is 0.105. The molecule has 0 fully saturated rings. The Morgan fingerprint density at radius 3 is 2.59 bits per heavy atom. The van der Waals surface area contributed by atoms with Gasteiger partial charge in [0.1, 0.15) is 5.75 Å². The minimum atomic E-state index is 0.138. The number of ketones is 1. The molecule has 0 radical (unpaired) electrons. The Morgan fingerprint density at radius 2 is 1.77 bits per heavy atom. The van der Waals surface area contributed by atoms with Gasteiger partial charge in [-0.1, -0.05) is 42.5 Å². The van der Waals surface area contributed by atoms with Crippen molar-refractivity contribution >= 4 is 28.3 Å². The molecular formula is C19H16O2S. The zero-order valence-electron chi connectivity index (χ0n) is 12.3. The van der Waals surface area contributed by atoms with E-state index in [-0.39, 0.29) is 5.78 Å². The highest BCUT2D eigenvalue weighted by molar-refractivity contribution is 8.00. The molecule has 3 heteroatoms. The number of rotatable bonds is 5. The van der Waals surface area contributed by atoms with Crippen LogP contribution in [0.1, 0.15) is 10.4 Å². The van der Waals surface area contributed by atoms with Crippen molar-refractivity contribution in [2.45, 2.75) is 4.90 Å². The Labute approximate surface area is 134 Å². The van der Waals surface area contributed by atoms with Crippen LogP contribution in [0.3, 0.4) is 0 Å². The highest BCUT2D eigenvalue weighted by Gasteiger charge is 2.08. The van der Waals surface area contributed by atoms with Gasteiger partial charge >= 0.3 is 0 Å². The van der Waals surface area contributed by atoms with Crippen LogP contribution in [0.5, 0.6) is 5.75 Å². The van der Waals surface area contributed by atoms with Crippen LogP contribution in [0, 0.1) is 0 Å². The molecule has 0 aliphatic carbocycles. The summed E-state index contributed by atoms with van der Waals surface area (Å²) in [6, 6.07) is 21.7. The van der Waals surface area contributed by atoms with E-state index in [1.165, 1.54) is 11.8 Å². The predicted octanol–water partition coefficient (Wildman–Crippen LogP) is 4.82. The van der Waals surface area contributed by atoms with Crippen molar-refractivity contribution in [3.63, 3.8) is 0 Å². The fourth-order valence-electron chi connectivity index (χ4n) is 2.29. The third-order valence-electron chi connectivity index (χ3n) is 3.48. The number of carbonyl (C=O) groups excluding carboxylic acids is 1. The first-order valence-corrected chi connectivity index (χ1v) is 8.04. The van der Waals surface area contributed by atoms with Crippen molar-refractivity contribution in [2.75, 3.05) is 12.9 Å². The number of thioether (sulfide) groups is 1. The Kier molecular flexibility index (Phi) is 4.45. The van der Waals surface area contributed by atoms with Gasteiger partial charge in [0, 0.05) is 10.5 Å². The summed E-state index contributed by atoms with van der Waals surface area (Å²) in [6.45, 7) is 0. The van der Waals surface area contributed by atoms with Crippen LogP contribution in [-0.4, -0.2) is 18.6 Å². The first-order chi connectivity index (χ1) is 10.8. The molecule has 0 unspecified atom stereocenters. The Bertz CT molecular complexity index is 811. The summed E-state index contributed by atoms with van der Waals surface area (Å²) in [5.74, 6) is 1.37.